The van der Waals surface area contributed by atoms with E-state index in [0.717, 1.165) is 0 Å². The third-order valence-electron chi connectivity index (χ3n) is 3.10. The molecule has 0 unspecified atom stereocenters. The summed E-state index contributed by atoms with van der Waals surface area (Å²) in [7, 11) is 1.50. The first kappa shape index (κ1) is 17.1. The van der Waals surface area contributed by atoms with Crippen LogP contribution in [0.25, 0.3) is 6.08 Å². The van der Waals surface area contributed by atoms with Crippen LogP contribution in [0, 0.1) is 0 Å². The van der Waals surface area contributed by atoms with Gasteiger partial charge in [-0.15, -0.1) is 0 Å². The van der Waals surface area contributed by atoms with E-state index >= 15 is 0 Å². The van der Waals surface area contributed by atoms with Gasteiger partial charge >= 0.3 is 11.9 Å². The Kier molecular flexibility index (Phi) is 5.87. The van der Waals surface area contributed by atoms with E-state index in [0.29, 0.717) is 35.1 Å². The lowest BCUT2D eigenvalue weighted by Gasteiger charge is -2.12. The number of methoxy groups -OCH3 is 1. The first-order valence-electron chi connectivity index (χ1n) is 7.10. The number of halogens is 1. The molecule has 0 spiro atoms. The number of rotatable bonds is 6. The molecule has 0 amide bonds. The van der Waals surface area contributed by atoms with Crippen molar-refractivity contribution in [3.8, 4) is 11.5 Å². The second-order valence-electron chi connectivity index (χ2n) is 4.68. The van der Waals surface area contributed by atoms with Crippen molar-refractivity contribution in [3.05, 3.63) is 28.8 Å². The monoisotopic (exact) mass is 340 g/mol. The quantitative estimate of drug-likeness (QED) is 0.585. The van der Waals surface area contributed by atoms with Crippen molar-refractivity contribution < 1.29 is 28.5 Å². The molecule has 1 aliphatic heterocycles. The first-order valence-corrected chi connectivity index (χ1v) is 7.48. The van der Waals surface area contributed by atoms with Crippen LogP contribution in [-0.2, 0) is 19.1 Å². The Morgan fingerprint density at radius 2 is 2.26 bits per heavy atom. The van der Waals surface area contributed by atoms with Crippen LogP contribution in [0.4, 0.5) is 0 Å². The predicted molar refractivity (Wildman–Crippen MR) is 83.7 cm³/mol. The number of hydrogen-bond acceptors (Lipinski definition) is 6. The van der Waals surface area contributed by atoms with E-state index < -0.39 is 18.0 Å². The molecule has 1 aromatic carbocycles. The molecule has 0 bridgehead atoms. The Balaban J connectivity index is 2.08. The molecule has 0 aliphatic carbocycles. The predicted octanol–water partition coefficient (Wildman–Crippen LogP) is 2.62. The molecule has 0 saturated carbocycles. The molecule has 1 heterocycles. The van der Waals surface area contributed by atoms with E-state index in [4.69, 9.17) is 30.5 Å². The SMILES string of the molecule is CCOc1c(Cl)cc(/C=C/C(=O)O[C@@H]2CCOC2=O)cc1OC. The first-order chi connectivity index (χ1) is 11.0. The van der Waals surface area contributed by atoms with E-state index in [9.17, 15) is 9.59 Å². The highest BCUT2D eigenvalue weighted by Crippen LogP contribution is 2.36. The summed E-state index contributed by atoms with van der Waals surface area (Å²) < 4.78 is 20.4. The fourth-order valence-corrected chi connectivity index (χ4v) is 2.32. The molecule has 2 rings (SSSR count). The lowest BCUT2D eigenvalue weighted by atomic mass is 10.2. The van der Waals surface area contributed by atoms with Crippen molar-refractivity contribution in [1.29, 1.82) is 0 Å². The summed E-state index contributed by atoms with van der Waals surface area (Å²) in [6, 6.07) is 3.33. The second kappa shape index (κ2) is 7.87. The average Bonchev–Trinajstić information content (AvgIpc) is 2.92. The van der Waals surface area contributed by atoms with Crippen molar-refractivity contribution in [2.45, 2.75) is 19.4 Å². The van der Waals surface area contributed by atoms with Gasteiger partial charge in [-0.2, -0.15) is 0 Å². The number of carbonyl (C=O) groups is 2. The number of ether oxygens (including phenoxy) is 4. The van der Waals surface area contributed by atoms with Gasteiger partial charge in [-0.3, -0.25) is 0 Å². The Morgan fingerprint density at radius 3 is 2.87 bits per heavy atom. The number of carbonyl (C=O) groups excluding carboxylic acids is 2. The van der Waals surface area contributed by atoms with Gasteiger partial charge in [0.2, 0.25) is 6.10 Å². The standard InChI is InChI=1S/C16H17ClO6/c1-3-21-15-11(17)8-10(9-13(15)20-2)4-5-14(18)23-12-6-7-22-16(12)19/h4-5,8-9,12H,3,6-7H2,1-2H3/b5-4+/t12-/m1/s1. The van der Waals surface area contributed by atoms with Crippen LogP contribution in [-0.4, -0.2) is 38.4 Å². The highest BCUT2D eigenvalue weighted by molar-refractivity contribution is 6.32. The van der Waals surface area contributed by atoms with E-state index in [2.05, 4.69) is 0 Å². The molecule has 0 aromatic heterocycles. The van der Waals surface area contributed by atoms with E-state index in [-0.39, 0.29) is 6.61 Å². The zero-order valence-electron chi connectivity index (χ0n) is 12.8. The zero-order chi connectivity index (χ0) is 16.8. The summed E-state index contributed by atoms with van der Waals surface area (Å²) >= 11 is 6.15. The summed E-state index contributed by atoms with van der Waals surface area (Å²) in [6.45, 7) is 2.56. The molecule has 7 heteroatoms. The molecule has 1 fully saturated rings. The molecule has 124 valence electrons. The van der Waals surface area contributed by atoms with Crippen LogP contribution in [0.1, 0.15) is 18.9 Å². The molecule has 6 nitrogen and oxygen atoms in total. The minimum atomic E-state index is -0.828. The maximum Gasteiger partial charge on any atom is 0.347 e. The molecular weight excluding hydrogens is 324 g/mol. The largest absolute Gasteiger partial charge is 0.493 e. The smallest absolute Gasteiger partial charge is 0.347 e. The van der Waals surface area contributed by atoms with Crippen molar-refractivity contribution in [3.63, 3.8) is 0 Å². The topological polar surface area (TPSA) is 71.1 Å². The van der Waals surface area contributed by atoms with E-state index in [1.165, 1.54) is 19.3 Å². The summed E-state index contributed by atoms with van der Waals surface area (Å²) in [4.78, 5) is 23.0. The van der Waals surface area contributed by atoms with Crippen LogP contribution in [0.3, 0.4) is 0 Å². The molecule has 1 aliphatic rings. The highest BCUT2D eigenvalue weighted by Gasteiger charge is 2.29. The van der Waals surface area contributed by atoms with Crippen molar-refractivity contribution in [1.82, 2.24) is 0 Å². The number of cyclic esters (lactones) is 1. The number of esters is 2. The maximum atomic E-state index is 11.7. The second-order valence-corrected chi connectivity index (χ2v) is 5.09. The summed E-state index contributed by atoms with van der Waals surface area (Å²) in [5.74, 6) is -0.229. The van der Waals surface area contributed by atoms with E-state index in [1.807, 2.05) is 6.92 Å². The minimum absolute atomic E-state index is 0.270. The van der Waals surface area contributed by atoms with Crippen LogP contribution in [0.15, 0.2) is 18.2 Å². The lowest BCUT2D eigenvalue weighted by Crippen LogP contribution is -2.21. The molecule has 0 N–H and O–H groups in total. The zero-order valence-corrected chi connectivity index (χ0v) is 13.6. The van der Waals surface area contributed by atoms with Crippen molar-refractivity contribution in [2.24, 2.45) is 0 Å². The maximum absolute atomic E-state index is 11.7. The Labute approximate surface area is 138 Å². The van der Waals surface area contributed by atoms with Gasteiger partial charge in [0, 0.05) is 12.5 Å². The van der Waals surface area contributed by atoms with Crippen LogP contribution < -0.4 is 9.47 Å². The molecule has 23 heavy (non-hydrogen) atoms. The molecule has 1 atom stereocenters. The molecule has 0 radical (unpaired) electrons. The molecular formula is C16H17ClO6. The average molecular weight is 341 g/mol. The molecule has 1 aromatic rings. The Hall–Kier alpha value is -2.21. The summed E-state index contributed by atoms with van der Waals surface area (Å²) in [5.41, 5.74) is 0.640. The Bertz CT molecular complexity index is 625. The van der Waals surface area contributed by atoms with Gasteiger partial charge in [-0.1, -0.05) is 11.6 Å². The van der Waals surface area contributed by atoms with Gasteiger partial charge in [-0.25, -0.2) is 9.59 Å². The van der Waals surface area contributed by atoms with Gasteiger partial charge in [0.1, 0.15) is 0 Å². The fourth-order valence-electron chi connectivity index (χ4n) is 2.05. The van der Waals surface area contributed by atoms with Crippen LogP contribution >= 0.6 is 11.6 Å². The van der Waals surface area contributed by atoms with Gasteiger partial charge < -0.3 is 18.9 Å². The third-order valence-corrected chi connectivity index (χ3v) is 3.38. The van der Waals surface area contributed by atoms with Gasteiger partial charge in [0.15, 0.2) is 11.5 Å². The van der Waals surface area contributed by atoms with Gasteiger partial charge in [-0.05, 0) is 30.7 Å². The van der Waals surface area contributed by atoms with Crippen molar-refractivity contribution in [2.75, 3.05) is 20.3 Å². The van der Waals surface area contributed by atoms with E-state index in [1.54, 1.807) is 12.1 Å². The highest BCUT2D eigenvalue weighted by atomic mass is 35.5. The van der Waals surface area contributed by atoms with Crippen molar-refractivity contribution >= 4 is 29.6 Å². The third kappa shape index (κ3) is 4.39. The lowest BCUT2D eigenvalue weighted by molar-refractivity contribution is -0.156. The fraction of sp³-hybridized carbons (Fsp3) is 0.375. The number of hydrogen-bond donors (Lipinski definition) is 0. The van der Waals surface area contributed by atoms with Crippen LogP contribution in [0.2, 0.25) is 5.02 Å². The van der Waals surface area contributed by atoms with Gasteiger partial charge in [0.25, 0.3) is 0 Å². The minimum Gasteiger partial charge on any atom is -0.493 e. The Morgan fingerprint density at radius 1 is 1.48 bits per heavy atom. The van der Waals surface area contributed by atoms with Gasteiger partial charge in [0.05, 0.1) is 25.3 Å². The molecule has 1 saturated heterocycles. The summed E-state index contributed by atoms with van der Waals surface area (Å²) in [6.07, 6.45) is 2.29. The van der Waals surface area contributed by atoms with Crippen LogP contribution in [0.5, 0.6) is 11.5 Å². The summed E-state index contributed by atoms with van der Waals surface area (Å²) in [5, 5.41) is 0.374. The number of benzene rings is 1. The normalized spacial score (nSPS) is 17.2.